The first-order valence-electron chi connectivity index (χ1n) is 5.36. The van der Waals surface area contributed by atoms with Crippen molar-refractivity contribution in [2.75, 3.05) is 5.32 Å². The van der Waals surface area contributed by atoms with E-state index in [4.69, 9.17) is 23.2 Å². The lowest BCUT2D eigenvalue weighted by Crippen LogP contribution is -2.13. The van der Waals surface area contributed by atoms with Gasteiger partial charge in [-0.05, 0) is 37.3 Å². The third-order valence-electron chi connectivity index (χ3n) is 2.42. The normalized spacial score (nSPS) is 10.3. The molecule has 0 spiro atoms. The van der Waals surface area contributed by atoms with Crippen molar-refractivity contribution in [3.05, 3.63) is 56.2 Å². The van der Waals surface area contributed by atoms with Crippen LogP contribution >= 0.6 is 39.1 Å². The van der Waals surface area contributed by atoms with Gasteiger partial charge in [0.1, 0.15) is 5.15 Å². The highest BCUT2D eigenvalue weighted by atomic mass is 79.9. The summed E-state index contributed by atoms with van der Waals surface area (Å²) in [5.41, 5.74) is 1.74. The summed E-state index contributed by atoms with van der Waals surface area (Å²) in [6.07, 6.45) is 0. The van der Waals surface area contributed by atoms with Crippen LogP contribution < -0.4 is 5.32 Å². The standard InChI is InChI=1S/C13H9BrCl2N2O/c1-7-11(2-3-12(16)17-7)18-13(19)8-4-9(14)6-10(15)5-8/h2-6H,1H3,(H,18,19). The fourth-order valence-corrected chi connectivity index (χ4v) is 2.59. The van der Waals surface area contributed by atoms with Crippen LogP contribution in [-0.4, -0.2) is 10.9 Å². The minimum absolute atomic E-state index is 0.254. The summed E-state index contributed by atoms with van der Waals surface area (Å²) in [5.74, 6) is -0.254. The van der Waals surface area contributed by atoms with Crippen molar-refractivity contribution in [2.24, 2.45) is 0 Å². The van der Waals surface area contributed by atoms with E-state index < -0.39 is 0 Å². The number of carbonyl (C=O) groups is 1. The smallest absolute Gasteiger partial charge is 0.255 e. The van der Waals surface area contributed by atoms with Crippen LogP contribution in [0.25, 0.3) is 0 Å². The highest BCUT2D eigenvalue weighted by Gasteiger charge is 2.10. The van der Waals surface area contributed by atoms with E-state index in [0.717, 1.165) is 4.47 Å². The van der Waals surface area contributed by atoms with Crippen LogP contribution in [0.2, 0.25) is 10.2 Å². The second-order valence-electron chi connectivity index (χ2n) is 3.88. The molecular weight excluding hydrogens is 351 g/mol. The molecule has 0 saturated heterocycles. The predicted molar refractivity (Wildman–Crippen MR) is 81.1 cm³/mol. The summed E-state index contributed by atoms with van der Waals surface area (Å²) >= 11 is 15.0. The van der Waals surface area contributed by atoms with Gasteiger partial charge in [0, 0.05) is 15.1 Å². The Morgan fingerprint density at radius 2 is 2.00 bits per heavy atom. The topological polar surface area (TPSA) is 42.0 Å². The molecule has 1 aromatic heterocycles. The number of nitrogens with zero attached hydrogens (tertiary/aromatic N) is 1. The first-order chi connectivity index (χ1) is 8.95. The molecule has 3 nitrogen and oxygen atoms in total. The molecule has 0 fully saturated rings. The van der Waals surface area contributed by atoms with E-state index in [2.05, 4.69) is 26.2 Å². The molecular formula is C13H9BrCl2N2O. The quantitative estimate of drug-likeness (QED) is 0.789. The van der Waals surface area contributed by atoms with Crippen molar-refractivity contribution in [1.82, 2.24) is 4.98 Å². The average Bonchev–Trinajstić information content (AvgIpc) is 2.31. The van der Waals surface area contributed by atoms with Gasteiger partial charge in [-0.2, -0.15) is 0 Å². The third kappa shape index (κ3) is 3.69. The van der Waals surface area contributed by atoms with Crippen LogP contribution in [0.5, 0.6) is 0 Å². The Hall–Kier alpha value is -1.10. The molecule has 0 aliphatic carbocycles. The number of aryl methyl sites for hydroxylation is 1. The van der Waals surface area contributed by atoms with Crippen LogP contribution in [0, 0.1) is 6.92 Å². The number of anilines is 1. The zero-order chi connectivity index (χ0) is 14.0. The molecule has 0 bridgehead atoms. The van der Waals surface area contributed by atoms with Crippen LogP contribution in [0.1, 0.15) is 16.1 Å². The fraction of sp³-hybridized carbons (Fsp3) is 0.0769. The van der Waals surface area contributed by atoms with Gasteiger partial charge in [-0.25, -0.2) is 4.98 Å². The summed E-state index contributed by atoms with van der Waals surface area (Å²) in [6, 6.07) is 8.34. The molecule has 0 aliphatic heterocycles. The van der Waals surface area contributed by atoms with Gasteiger partial charge in [-0.3, -0.25) is 4.79 Å². The number of hydrogen-bond acceptors (Lipinski definition) is 2. The van der Waals surface area contributed by atoms with Crippen molar-refractivity contribution in [1.29, 1.82) is 0 Å². The van der Waals surface area contributed by atoms with Crippen molar-refractivity contribution < 1.29 is 4.79 Å². The van der Waals surface area contributed by atoms with E-state index in [0.29, 0.717) is 27.1 Å². The second-order valence-corrected chi connectivity index (χ2v) is 5.62. The first kappa shape index (κ1) is 14.3. The number of pyridine rings is 1. The minimum Gasteiger partial charge on any atom is -0.320 e. The van der Waals surface area contributed by atoms with Crippen molar-refractivity contribution >= 4 is 50.7 Å². The van der Waals surface area contributed by atoms with Gasteiger partial charge in [-0.1, -0.05) is 39.1 Å². The molecule has 19 heavy (non-hydrogen) atoms. The Morgan fingerprint density at radius 3 is 2.63 bits per heavy atom. The molecule has 1 N–H and O–H groups in total. The maximum Gasteiger partial charge on any atom is 0.255 e. The lowest BCUT2D eigenvalue weighted by Gasteiger charge is -2.08. The summed E-state index contributed by atoms with van der Waals surface area (Å²) < 4.78 is 0.746. The zero-order valence-corrected chi connectivity index (χ0v) is 13.0. The van der Waals surface area contributed by atoms with Gasteiger partial charge in [0.2, 0.25) is 0 Å². The molecule has 0 atom stereocenters. The summed E-state index contributed by atoms with van der Waals surface area (Å²) in [6.45, 7) is 1.77. The lowest BCUT2D eigenvalue weighted by molar-refractivity contribution is 0.102. The number of hydrogen-bond donors (Lipinski definition) is 1. The van der Waals surface area contributed by atoms with Gasteiger partial charge in [0.05, 0.1) is 11.4 Å². The maximum absolute atomic E-state index is 12.1. The molecule has 0 aliphatic rings. The largest absolute Gasteiger partial charge is 0.320 e. The third-order valence-corrected chi connectivity index (χ3v) is 3.31. The molecule has 1 heterocycles. The molecule has 1 aromatic carbocycles. The van der Waals surface area contributed by atoms with Crippen LogP contribution in [0.4, 0.5) is 5.69 Å². The summed E-state index contributed by atoms with van der Waals surface area (Å²) in [7, 11) is 0. The number of rotatable bonds is 2. The van der Waals surface area contributed by atoms with Gasteiger partial charge < -0.3 is 5.32 Å². The molecule has 2 rings (SSSR count). The Kier molecular flexibility index (Phi) is 4.45. The number of benzene rings is 1. The number of carbonyl (C=O) groups excluding carboxylic acids is 1. The summed E-state index contributed by atoms with van der Waals surface area (Å²) in [5, 5.41) is 3.65. The molecule has 6 heteroatoms. The van der Waals surface area contributed by atoms with Crippen LogP contribution in [-0.2, 0) is 0 Å². The number of halogens is 3. The van der Waals surface area contributed by atoms with Crippen LogP contribution in [0.15, 0.2) is 34.8 Å². The molecule has 1 amide bonds. The van der Waals surface area contributed by atoms with E-state index in [-0.39, 0.29) is 5.91 Å². The van der Waals surface area contributed by atoms with E-state index >= 15 is 0 Å². The van der Waals surface area contributed by atoms with E-state index in [9.17, 15) is 4.79 Å². The average molecular weight is 360 g/mol. The molecule has 98 valence electrons. The lowest BCUT2D eigenvalue weighted by atomic mass is 10.2. The summed E-state index contributed by atoms with van der Waals surface area (Å²) in [4.78, 5) is 16.2. The maximum atomic E-state index is 12.1. The number of aromatic nitrogens is 1. The van der Waals surface area contributed by atoms with Gasteiger partial charge >= 0.3 is 0 Å². The van der Waals surface area contributed by atoms with Gasteiger partial charge in [0.15, 0.2) is 0 Å². The van der Waals surface area contributed by atoms with Crippen LogP contribution in [0.3, 0.4) is 0 Å². The van der Waals surface area contributed by atoms with E-state index in [1.807, 2.05) is 0 Å². The second kappa shape index (κ2) is 5.90. The SMILES string of the molecule is Cc1nc(Cl)ccc1NC(=O)c1cc(Cl)cc(Br)c1. The predicted octanol–water partition coefficient (Wildman–Crippen LogP) is 4.71. The van der Waals surface area contributed by atoms with E-state index in [1.165, 1.54) is 0 Å². The van der Waals surface area contributed by atoms with Crippen molar-refractivity contribution in [3.8, 4) is 0 Å². The molecule has 0 radical (unpaired) electrons. The Bertz CT molecular complexity index is 626. The Morgan fingerprint density at radius 1 is 1.26 bits per heavy atom. The van der Waals surface area contributed by atoms with E-state index in [1.54, 1.807) is 37.3 Å². The monoisotopic (exact) mass is 358 g/mol. The molecule has 0 saturated carbocycles. The van der Waals surface area contributed by atoms with Gasteiger partial charge in [0.25, 0.3) is 5.91 Å². The minimum atomic E-state index is -0.254. The highest BCUT2D eigenvalue weighted by molar-refractivity contribution is 9.10. The molecule has 2 aromatic rings. The number of nitrogens with one attached hydrogen (secondary N) is 1. The molecule has 0 unspecified atom stereocenters. The Balaban J connectivity index is 2.25. The number of amides is 1. The highest BCUT2D eigenvalue weighted by Crippen LogP contribution is 2.21. The fourth-order valence-electron chi connectivity index (χ4n) is 1.54. The Labute approximate surface area is 129 Å². The van der Waals surface area contributed by atoms with Gasteiger partial charge in [-0.15, -0.1) is 0 Å². The van der Waals surface area contributed by atoms with Crippen molar-refractivity contribution in [2.45, 2.75) is 6.92 Å². The first-order valence-corrected chi connectivity index (χ1v) is 6.91. The van der Waals surface area contributed by atoms with Crippen molar-refractivity contribution in [3.63, 3.8) is 0 Å². The zero-order valence-electron chi connectivity index (χ0n) is 9.88.